The van der Waals surface area contributed by atoms with Crippen LogP contribution in [0, 0.1) is 17.1 Å². The first-order chi connectivity index (χ1) is 3.83. The molecular weight excluding hydrogens is 109 g/mol. The van der Waals surface area contributed by atoms with Crippen LogP contribution in [0.2, 0.25) is 0 Å². The van der Waals surface area contributed by atoms with Crippen molar-refractivity contribution in [1.82, 2.24) is 0 Å². The first-order valence-electron chi connectivity index (χ1n) is 1.97. The van der Waals surface area contributed by atoms with Crippen LogP contribution in [0.15, 0.2) is 16.7 Å². The van der Waals surface area contributed by atoms with Crippen molar-refractivity contribution in [3.63, 3.8) is 0 Å². The Kier molecular flexibility index (Phi) is 1.01. The zero-order chi connectivity index (χ0) is 5.98. The van der Waals surface area contributed by atoms with Crippen LogP contribution >= 0.6 is 0 Å². The van der Waals surface area contributed by atoms with Gasteiger partial charge in [0.25, 0.3) is 0 Å². The molecule has 0 aliphatic carbocycles. The second-order valence-corrected chi connectivity index (χ2v) is 1.24. The number of halogens is 1. The van der Waals surface area contributed by atoms with E-state index >= 15 is 0 Å². The van der Waals surface area contributed by atoms with E-state index in [9.17, 15) is 4.39 Å². The topological polar surface area (TPSA) is 36.9 Å². The molecule has 0 bridgehead atoms. The van der Waals surface area contributed by atoms with Gasteiger partial charge in [-0.1, -0.05) is 0 Å². The molecule has 0 amide bonds. The summed E-state index contributed by atoms with van der Waals surface area (Å²) >= 11 is 0. The number of rotatable bonds is 0. The molecule has 0 saturated carbocycles. The number of hydrogen-bond donors (Lipinski definition) is 0. The van der Waals surface area contributed by atoms with E-state index in [4.69, 9.17) is 5.26 Å². The van der Waals surface area contributed by atoms with Gasteiger partial charge in [-0.05, 0) is 0 Å². The van der Waals surface area contributed by atoms with Crippen LogP contribution in [-0.4, -0.2) is 0 Å². The molecule has 40 valence electrons. The van der Waals surface area contributed by atoms with Crippen molar-refractivity contribution in [3.8, 4) is 6.07 Å². The Morgan fingerprint density at radius 3 is 2.75 bits per heavy atom. The van der Waals surface area contributed by atoms with E-state index in [1.165, 1.54) is 0 Å². The molecule has 0 aliphatic heterocycles. The van der Waals surface area contributed by atoms with Crippen LogP contribution in [0.4, 0.5) is 4.39 Å². The van der Waals surface area contributed by atoms with Gasteiger partial charge in [0.1, 0.15) is 12.3 Å². The molecule has 2 nitrogen and oxygen atoms in total. The van der Waals surface area contributed by atoms with E-state index in [-0.39, 0.29) is 5.76 Å². The first-order valence-corrected chi connectivity index (χ1v) is 1.97. The average molecular weight is 111 g/mol. The van der Waals surface area contributed by atoms with Crippen LogP contribution in [0.5, 0.6) is 0 Å². The fourth-order valence-electron chi connectivity index (χ4n) is 0.372. The summed E-state index contributed by atoms with van der Waals surface area (Å²) in [5.74, 6) is -0.510. The van der Waals surface area contributed by atoms with E-state index in [0.29, 0.717) is 0 Å². The molecule has 0 aliphatic rings. The van der Waals surface area contributed by atoms with Gasteiger partial charge < -0.3 is 4.42 Å². The molecule has 1 aromatic rings. The fourth-order valence-corrected chi connectivity index (χ4v) is 0.372. The minimum atomic E-state index is -0.512. The molecule has 1 heterocycles. The predicted molar refractivity (Wildman–Crippen MR) is 23.4 cm³/mol. The third kappa shape index (κ3) is 0.684. The van der Waals surface area contributed by atoms with Crippen molar-refractivity contribution in [3.05, 3.63) is 23.9 Å². The molecular formula is C5H2FNO. The lowest BCUT2D eigenvalue weighted by Gasteiger charge is -1.65. The first kappa shape index (κ1) is 4.85. The van der Waals surface area contributed by atoms with Crippen LogP contribution in [0.25, 0.3) is 0 Å². The summed E-state index contributed by atoms with van der Waals surface area (Å²) in [6.45, 7) is 0. The molecule has 0 atom stereocenters. The lowest BCUT2D eigenvalue weighted by molar-refractivity contribution is 0.523. The highest BCUT2D eigenvalue weighted by Crippen LogP contribution is 2.02. The lowest BCUT2D eigenvalue weighted by Crippen LogP contribution is -1.58. The van der Waals surface area contributed by atoms with Gasteiger partial charge in [-0.15, -0.1) is 0 Å². The maximum absolute atomic E-state index is 11.9. The Hall–Kier alpha value is -1.30. The van der Waals surface area contributed by atoms with E-state index in [1.807, 2.05) is 0 Å². The van der Waals surface area contributed by atoms with Gasteiger partial charge in [0, 0.05) is 6.07 Å². The van der Waals surface area contributed by atoms with Gasteiger partial charge in [0.15, 0.2) is 5.82 Å². The Bertz CT molecular complexity index is 223. The van der Waals surface area contributed by atoms with E-state index in [0.717, 1.165) is 12.3 Å². The van der Waals surface area contributed by atoms with Gasteiger partial charge in [0.2, 0.25) is 5.76 Å². The maximum Gasteiger partial charge on any atom is 0.206 e. The van der Waals surface area contributed by atoms with E-state index in [1.54, 1.807) is 6.07 Å². The third-order valence-corrected chi connectivity index (χ3v) is 0.678. The molecule has 1 aromatic heterocycles. The minimum absolute atomic E-state index is 0.00231. The molecule has 0 spiro atoms. The van der Waals surface area contributed by atoms with Crippen LogP contribution in [0.1, 0.15) is 5.76 Å². The summed E-state index contributed by atoms with van der Waals surface area (Å²) < 4.78 is 16.2. The number of hydrogen-bond acceptors (Lipinski definition) is 2. The predicted octanol–water partition coefficient (Wildman–Crippen LogP) is 1.29. The second-order valence-electron chi connectivity index (χ2n) is 1.24. The molecule has 0 unspecified atom stereocenters. The number of nitrogens with zero attached hydrogens (tertiary/aromatic N) is 1. The van der Waals surface area contributed by atoms with Crippen molar-refractivity contribution in [2.45, 2.75) is 0 Å². The molecule has 0 saturated heterocycles. The number of furan rings is 1. The minimum Gasteiger partial charge on any atom is -0.451 e. The summed E-state index contributed by atoms with van der Waals surface area (Å²) in [6, 6.07) is 2.67. The van der Waals surface area contributed by atoms with Gasteiger partial charge in [-0.25, -0.2) is 4.39 Å². The normalized spacial score (nSPS) is 8.50. The van der Waals surface area contributed by atoms with Crippen molar-refractivity contribution in [1.29, 1.82) is 5.26 Å². The highest BCUT2D eigenvalue weighted by molar-refractivity contribution is 5.15. The maximum atomic E-state index is 11.9. The molecule has 3 heteroatoms. The van der Waals surface area contributed by atoms with Crippen LogP contribution in [-0.2, 0) is 0 Å². The Balaban J connectivity index is 3.05. The Labute approximate surface area is 45.1 Å². The third-order valence-electron chi connectivity index (χ3n) is 0.678. The van der Waals surface area contributed by atoms with E-state index in [2.05, 4.69) is 4.42 Å². The fraction of sp³-hybridized carbons (Fsp3) is 0. The summed E-state index contributed by atoms with van der Waals surface area (Å²) in [5, 5.41) is 8.04. The van der Waals surface area contributed by atoms with Crippen LogP contribution < -0.4 is 0 Å². The smallest absolute Gasteiger partial charge is 0.206 e. The van der Waals surface area contributed by atoms with Crippen molar-refractivity contribution in [2.24, 2.45) is 0 Å². The molecule has 0 N–H and O–H groups in total. The standard InChI is InChI=1S/C5H2FNO/c6-4-1-5(2-7)8-3-4/h1,3H. The number of nitriles is 1. The Morgan fingerprint density at radius 2 is 2.50 bits per heavy atom. The van der Waals surface area contributed by atoms with Gasteiger partial charge in [-0.2, -0.15) is 5.26 Å². The molecule has 0 radical (unpaired) electrons. The Morgan fingerprint density at radius 1 is 1.75 bits per heavy atom. The molecule has 8 heavy (non-hydrogen) atoms. The molecule has 0 aromatic carbocycles. The summed E-state index contributed by atoms with van der Waals surface area (Å²) in [5.41, 5.74) is 0. The van der Waals surface area contributed by atoms with Crippen molar-refractivity contribution >= 4 is 0 Å². The monoisotopic (exact) mass is 111 g/mol. The van der Waals surface area contributed by atoms with Crippen molar-refractivity contribution in [2.75, 3.05) is 0 Å². The van der Waals surface area contributed by atoms with Gasteiger partial charge >= 0.3 is 0 Å². The van der Waals surface area contributed by atoms with Crippen LogP contribution in [0.3, 0.4) is 0 Å². The molecule has 1 rings (SSSR count). The lowest BCUT2D eigenvalue weighted by atomic mass is 10.5. The van der Waals surface area contributed by atoms with Crippen molar-refractivity contribution < 1.29 is 8.81 Å². The average Bonchev–Trinajstić information content (AvgIpc) is 2.14. The zero-order valence-electron chi connectivity index (χ0n) is 3.89. The summed E-state index contributed by atoms with van der Waals surface area (Å²) in [6.07, 6.45) is 0.887. The quantitative estimate of drug-likeness (QED) is 0.505. The molecule has 0 fully saturated rings. The summed E-state index contributed by atoms with van der Waals surface area (Å²) in [4.78, 5) is 0. The zero-order valence-corrected chi connectivity index (χ0v) is 3.89. The SMILES string of the molecule is N#Cc1cc(F)co1. The highest BCUT2D eigenvalue weighted by Gasteiger charge is 1.95. The largest absolute Gasteiger partial charge is 0.451 e. The second kappa shape index (κ2) is 1.66. The highest BCUT2D eigenvalue weighted by atomic mass is 19.1. The van der Waals surface area contributed by atoms with Gasteiger partial charge in [-0.3, -0.25) is 0 Å². The summed E-state index contributed by atoms with van der Waals surface area (Å²) in [7, 11) is 0. The van der Waals surface area contributed by atoms with E-state index < -0.39 is 5.82 Å². The van der Waals surface area contributed by atoms with Gasteiger partial charge in [0.05, 0.1) is 0 Å².